The number of hydrogen-bond donors (Lipinski definition) is 2. The first-order chi connectivity index (χ1) is 8.94. The Kier molecular flexibility index (Phi) is 3.93. The van der Waals surface area contributed by atoms with Crippen molar-refractivity contribution in [3.63, 3.8) is 0 Å². The zero-order valence-corrected chi connectivity index (χ0v) is 12.4. The quantitative estimate of drug-likeness (QED) is 0.911. The summed E-state index contributed by atoms with van der Waals surface area (Å²) in [6.07, 6.45) is 0. The van der Waals surface area contributed by atoms with Gasteiger partial charge in [-0.3, -0.25) is 4.72 Å². The van der Waals surface area contributed by atoms with Crippen molar-refractivity contribution in [2.75, 3.05) is 4.72 Å². The maximum Gasteiger partial charge on any atom is 0.262 e. The summed E-state index contributed by atoms with van der Waals surface area (Å²) < 4.78 is 27.3. The summed E-state index contributed by atoms with van der Waals surface area (Å²) >= 11 is 1.44. The van der Waals surface area contributed by atoms with Crippen LogP contribution in [0.3, 0.4) is 0 Å². The summed E-state index contributed by atoms with van der Waals surface area (Å²) in [7, 11) is -3.56. The van der Waals surface area contributed by atoms with E-state index in [4.69, 9.17) is 5.73 Å². The molecule has 0 aliphatic heterocycles. The number of anilines is 1. The highest BCUT2D eigenvalue weighted by molar-refractivity contribution is 7.92. The van der Waals surface area contributed by atoms with Gasteiger partial charge in [0.05, 0.1) is 10.6 Å². The van der Waals surface area contributed by atoms with Crippen molar-refractivity contribution in [1.29, 1.82) is 0 Å². The summed E-state index contributed by atoms with van der Waals surface area (Å²) in [6.45, 7) is 4.04. The fourth-order valence-corrected chi connectivity index (χ4v) is 3.91. The van der Waals surface area contributed by atoms with E-state index in [1.165, 1.54) is 11.3 Å². The molecule has 102 valence electrons. The van der Waals surface area contributed by atoms with Gasteiger partial charge in [-0.15, -0.1) is 0 Å². The minimum atomic E-state index is -3.56. The highest BCUT2D eigenvalue weighted by Crippen LogP contribution is 2.23. The first kappa shape index (κ1) is 14.0. The lowest BCUT2D eigenvalue weighted by Crippen LogP contribution is -2.15. The van der Waals surface area contributed by atoms with Gasteiger partial charge >= 0.3 is 0 Å². The second-order valence-electron chi connectivity index (χ2n) is 4.37. The largest absolute Gasteiger partial charge is 0.326 e. The number of rotatable bonds is 4. The lowest BCUT2D eigenvalue weighted by atomic mass is 10.1. The van der Waals surface area contributed by atoms with Gasteiger partial charge in [-0.2, -0.15) is 11.3 Å². The van der Waals surface area contributed by atoms with Crippen molar-refractivity contribution >= 4 is 27.0 Å². The Balaban J connectivity index is 2.45. The maximum absolute atomic E-state index is 12.4. The number of nitrogens with one attached hydrogen (secondary N) is 1. The van der Waals surface area contributed by atoms with Crippen LogP contribution in [0, 0.1) is 13.8 Å². The molecule has 1 heterocycles. The van der Waals surface area contributed by atoms with Gasteiger partial charge in [-0.1, -0.05) is 6.07 Å². The monoisotopic (exact) mass is 296 g/mol. The summed E-state index contributed by atoms with van der Waals surface area (Å²) in [5.74, 6) is 0. The predicted octanol–water partition coefficient (Wildman–Crippen LogP) is 2.62. The highest BCUT2D eigenvalue weighted by Gasteiger charge is 2.18. The van der Waals surface area contributed by atoms with Gasteiger partial charge in [0.1, 0.15) is 0 Å². The molecule has 0 fully saturated rings. The smallest absolute Gasteiger partial charge is 0.262 e. The van der Waals surface area contributed by atoms with E-state index in [0.29, 0.717) is 12.2 Å². The molecule has 0 saturated carbocycles. The van der Waals surface area contributed by atoms with Crippen molar-refractivity contribution in [3.8, 4) is 0 Å². The molecule has 2 rings (SSSR count). The first-order valence-corrected chi connectivity index (χ1v) is 8.22. The lowest BCUT2D eigenvalue weighted by Gasteiger charge is -2.12. The molecule has 0 saturated heterocycles. The average Bonchev–Trinajstić information content (AvgIpc) is 2.80. The molecule has 19 heavy (non-hydrogen) atoms. The third-order valence-electron chi connectivity index (χ3n) is 2.92. The maximum atomic E-state index is 12.4. The van der Waals surface area contributed by atoms with Crippen LogP contribution in [0.15, 0.2) is 33.9 Å². The summed E-state index contributed by atoms with van der Waals surface area (Å²) in [6, 6.07) is 5.24. The normalized spacial score (nSPS) is 11.5. The van der Waals surface area contributed by atoms with Crippen LogP contribution in [-0.4, -0.2) is 8.42 Å². The molecule has 6 heteroatoms. The van der Waals surface area contributed by atoms with E-state index >= 15 is 0 Å². The molecular weight excluding hydrogens is 280 g/mol. The second kappa shape index (κ2) is 5.32. The van der Waals surface area contributed by atoms with Gasteiger partial charge in [0.15, 0.2) is 0 Å². The Hall–Kier alpha value is -1.37. The molecule has 2 aromatic rings. The number of benzene rings is 1. The second-order valence-corrected chi connectivity index (χ2v) is 6.80. The van der Waals surface area contributed by atoms with Crippen molar-refractivity contribution in [1.82, 2.24) is 0 Å². The average molecular weight is 296 g/mol. The molecule has 1 aromatic heterocycles. The van der Waals surface area contributed by atoms with E-state index in [-0.39, 0.29) is 4.90 Å². The van der Waals surface area contributed by atoms with Crippen molar-refractivity contribution in [3.05, 3.63) is 45.6 Å². The summed E-state index contributed by atoms with van der Waals surface area (Å²) in [5.41, 5.74) is 8.79. The van der Waals surface area contributed by atoms with Crippen molar-refractivity contribution in [2.24, 2.45) is 5.73 Å². The van der Waals surface area contributed by atoms with Crippen LogP contribution < -0.4 is 10.5 Å². The molecule has 0 amide bonds. The number of aryl methyl sites for hydroxylation is 2. The summed E-state index contributed by atoms with van der Waals surface area (Å²) in [4.78, 5) is 0.282. The topological polar surface area (TPSA) is 72.2 Å². The van der Waals surface area contributed by atoms with Crippen molar-refractivity contribution < 1.29 is 8.42 Å². The minimum Gasteiger partial charge on any atom is -0.326 e. The van der Waals surface area contributed by atoms with Gasteiger partial charge < -0.3 is 5.73 Å². The van der Waals surface area contributed by atoms with Crippen LogP contribution in [0.5, 0.6) is 0 Å². The molecule has 4 nitrogen and oxygen atoms in total. The zero-order valence-electron chi connectivity index (χ0n) is 10.8. The van der Waals surface area contributed by atoms with E-state index in [1.54, 1.807) is 24.4 Å². The minimum absolute atomic E-state index is 0.282. The molecule has 0 bridgehead atoms. The van der Waals surface area contributed by atoms with Crippen LogP contribution >= 0.6 is 11.3 Å². The number of nitrogens with two attached hydrogens (primary N) is 1. The van der Waals surface area contributed by atoms with Gasteiger partial charge in [0, 0.05) is 11.9 Å². The predicted molar refractivity (Wildman–Crippen MR) is 78.9 cm³/mol. The zero-order chi connectivity index (χ0) is 14.0. The van der Waals surface area contributed by atoms with Gasteiger partial charge in [0.25, 0.3) is 10.0 Å². The summed E-state index contributed by atoms with van der Waals surface area (Å²) in [5, 5.41) is 3.58. The van der Waals surface area contributed by atoms with Crippen LogP contribution in [0.4, 0.5) is 5.69 Å². The SMILES string of the molecule is Cc1cc(C)c(S(=O)(=O)Nc2ccsc2)cc1CN. The van der Waals surface area contributed by atoms with Crippen LogP contribution in [0.25, 0.3) is 0 Å². The fourth-order valence-electron chi connectivity index (χ4n) is 1.92. The third-order valence-corrected chi connectivity index (χ3v) is 5.12. The van der Waals surface area contributed by atoms with Crippen LogP contribution in [-0.2, 0) is 16.6 Å². The molecule has 0 spiro atoms. The highest BCUT2D eigenvalue weighted by atomic mass is 32.2. The molecular formula is C13H16N2O2S2. The van der Waals surface area contributed by atoms with Crippen LogP contribution in [0.2, 0.25) is 0 Å². The molecule has 3 N–H and O–H groups in total. The Morgan fingerprint density at radius 1 is 1.26 bits per heavy atom. The molecule has 1 aromatic carbocycles. The Labute approximate surface area is 117 Å². The molecule has 0 aliphatic carbocycles. The standard InChI is InChI=1S/C13H16N2O2S2/c1-9-5-10(2)13(6-11(9)7-14)19(16,17)15-12-3-4-18-8-12/h3-6,8,15H,7,14H2,1-2H3. The Morgan fingerprint density at radius 3 is 2.58 bits per heavy atom. The molecule has 0 radical (unpaired) electrons. The van der Waals surface area contributed by atoms with Crippen molar-refractivity contribution in [2.45, 2.75) is 25.3 Å². The Bertz CT molecular complexity index is 677. The number of hydrogen-bond acceptors (Lipinski definition) is 4. The van der Waals surface area contributed by atoms with E-state index in [2.05, 4.69) is 4.72 Å². The van der Waals surface area contributed by atoms with Gasteiger partial charge in [0.2, 0.25) is 0 Å². The number of sulfonamides is 1. The van der Waals surface area contributed by atoms with Gasteiger partial charge in [-0.05, 0) is 48.1 Å². The molecule has 0 unspecified atom stereocenters. The van der Waals surface area contributed by atoms with Gasteiger partial charge in [-0.25, -0.2) is 8.42 Å². The molecule has 0 aliphatic rings. The fraction of sp³-hybridized carbons (Fsp3) is 0.231. The number of thiophene rings is 1. The van der Waals surface area contributed by atoms with E-state index in [1.807, 2.05) is 18.4 Å². The van der Waals surface area contributed by atoms with E-state index in [0.717, 1.165) is 16.7 Å². The van der Waals surface area contributed by atoms with Crippen LogP contribution in [0.1, 0.15) is 16.7 Å². The van der Waals surface area contributed by atoms with E-state index < -0.39 is 10.0 Å². The molecule has 0 atom stereocenters. The Morgan fingerprint density at radius 2 is 2.00 bits per heavy atom. The third kappa shape index (κ3) is 2.97. The lowest BCUT2D eigenvalue weighted by molar-refractivity contribution is 0.600. The first-order valence-electron chi connectivity index (χ1n) is 5.79. The van der Waals surface area contributed by atoms with E-state index in [9.17, 15) is 8.42 Å².